The van der Waals surface area contributed by atoms with E-state index in [1.807, 2.05) is 0 Å². The summed E-state index contributed by atoms with van der Waals surface area (Å²) in [4.78, 5) is 31.5. The number of halogens is 4. The molecule has 0 saturated heterocycles. The number of rotatable bonds is 8. The lowest BCUT2D eigenvalue weighted by atomic mass is 10.2. The van der Waals surface area contributed by atoms with Gasteiger partial charge in [-0.3, -0.25) is 4.79 Å². The summed E-state index contributed by atoms with van der Waals surface area (Å²) in [6.45, 7) is 6.79. The molecule has 0 saturated carbocycles. The molecule has 3 aromatic rings. The minimum absolute atomic E-state index is 0.0237. The molecular weight excluding hydrogens is 532 g/mol. The summed E-state index contributed by atoms with van der Waals surface area (Å²) >= 11 is 0.896. The first-order valence-corrected chi connectivity index (χ1v) is 11.8. The lowest BCUT2D eigenvalue weighted by Gasteiger charge is -2.19. The smallest absolute Gasteiger partial charge is 0.434 e. The maximum Gasteiger partial charge on any atom is 0.434 e. The van der Waals surface area contributed by atoms with Gasteiger partial charge in [-0.05, 0) is 51.4 Å². The Labute approximate surface area is 218 Å². The number of hydrogen-bond acceptors (Lipinski definition) is 9. The van der Waals surface area contributed by atoms with Gasteiger partial charge in [-0.25, -0.2) is 19.2 Å². The molecule has 204 valence electrons. The number of anilines is 3. The van der Waals surface area contributed by atoms with Gasteiger partial charge in [0, 0.05) is 11.8 Å². The van der Waals surface area contributed by atoms with Gasteiger partial charge in [0.2, 0.25) is 0 Å². The predicted molar refractivity (Wildman–Crippen MR) is 131 cm³/mol. The summed E-state index contributed by atoms with van der Waals surface area (Å²) in [6, 6.07) is 3.79. The second kappa shape index (κ2) is 11.6. The quantitative estimate of drug-likeness (QED) is 0.252. The highest BCUT2D eigenvalue weighted by molar-refractivity contribution is 7.10. The number of aromatic nitrogens is 3. The van der Waals surface area contributed by atoms with Crippen LogP contribution in [0.15, 0.2) is 30.6 Å². The summed E-state index contributed by atoms with van der Waals surface area (Å²) in [5.41, 5.74) is -1.24. The zero-order valence-electron chi connectivity index (χ0n) is 20.7. The van der Waals surface area contributed by atoms with Gasteiger partial charge in [-0.15, -0.1) is 0 Å². The van der Waals surface area contributed by atoms with Gasteiger partial charge in [0.05, 0.1) is 30.2 Å². The Bertz CT molecular complexity index is 1290. The molecule has 0 spiro atoms. The van der Waals surface area contributed by atoms with Crippen molar-refractivity contribution >= 4 is 40.0 Å². The molecule has 2 aromatic heterocycles. The normalized spacial score (nSPS) is 11.6. The Kier molecular flexibility index (Phi) is 8.70. The Balaban J connectivity index is 1.60. The first-order chi connectivity index (χ1) is 17.7. The van der Waals surface area contributed by atoms with E-state index in [2.05, 4.69) is 30.3 Å². The number of alkyl carbamates (subject to hydrolysis) is 1. The molecule has 0 aliphatic heterocycles. The van der Waals surface area contributed by atoms with Crippen molar-refractivity contribution in [1.82, 2.24) is 19.7 Å². The number of benzene rings is 1. The standard InChI is InChI=1S/C23H24F4N6O4S/c1-12-18(20(38-33-12)32-17-11-29-16(10-30-17)23(25,26)27)19(34)31-13-5-6-15(14(24)9-13)36-8-7-28-21(35)37-22(2,3)4/h5-6,9-11H,7-8H2,1-4H3,(H,28,35)(H,30,32)(H,31,34). The predicted octanol–water partition coefficient (Wildman–Crippen LogP) is 5.30. The summed E-state index contributed by atoms with van der Waals surface area (Å²) in [5, 5.41) is 7.97. The molecule has 10 nitrogen and oxygen atoms in total. The molecule has 38 heavy (non-hydrogen) atoms. The van der Waals surface area contributed by atoms with Crippen LogP contribution in [0.2, 0.25) is 0 Å². The molecule has 3 rings (SSSR count). The number of amides is 2. The molecule has 1 aromatic carbocycles. The van der Waals surface area contributed by atoms with Crippen LogP contribution in [0.3, 0.4) is 0 Å². The Hall–Kier alpha value is -4.01. The van der Waals surface area contributed by atoms with Crippen LogP contribution in [0.25, 0.3) is 0 Å². The molecular formula is C23H24F4N6O4S. The van der Waals surface area contributed by atoms with E-state index in [1.54, 1.807) is 27.7 Å². The second-order valence-electron chi connectivity index (χ2n) is 8.76. The van der Waals surface area contributed by atoms with E-state index in [0.717, 1.165) is 23.8 Å². The highest BCUT2D eigenvalue weighted by atomic mass is 32.1. The number of nitrogens with zero attached hydrogens (tertiary/aromatic N) is 3. The van der Waals surface area contributed by atoms with E-state index in [9.17, 15) is 27.2 Å². The molecule has 0 aliphatic carbocycles. The molecule has 2 amide bonds. The van der Waals surface area contributed by atoms with Gasteiger partial charge in [0.1, 0.15) is 23.0 Å². The zero-order valence-corrected chi connectivity index (χ0v) is 21.5. The van der Waals surface area contributed by atoms with E-state index >= 15 is 0 Å². The van der Waals surface area contributed by atoms with Crippen molar-refractivity contribution in [2.75, 3.05) is 23.8 Å². The third kappa shape index (κ3) is 7.99. The molecule has 0 unspecified atom stereocenters. The molecule has 0 bridgehead atoms. The highest BCUT2D eigenvalue weighted by Crippen LogP contribution is 2.30. The molecule has 0 radical (unpaired) electrons. The number of aryl methyl sites for hydroxylation is 1. The van der Waals surface area contributed by atoms with Crippen LogP contribution in [0, 0.1) is 12.7 Å². The topological polar surface area (TPSA) is 127 Å². The van der Waals surface area contributed by atoms with Gasteiger partial charge >= 0.3 is 12.3 Å². The minimum atomic E-state index is -4.63. The average molecular weight is 557 g/mol. The molecule has 0 aliphatic rings. The third-order valence-electron chi connectivity index (χ3n) is 4.49. The molecule has 15 heteroatoms. The largest absolute Gasteiger partial charge is 0.489 e. The summed E-state index contributed by atoms with van der Waals surface area (Å²) in [5.74, 6) is -1.50. The van der Waals surface area contributed by atoms with Gasteiger partial charge < -0.3 is 25.4 Å². The van der Waals surface area contributed by atoms with Gasteiger partial charge in [0.15, 0.2) is 17.3 Å². The molecule has 3 N–H and O–H groups in total. The van der Waals surface area contributed by atoms with Crippen molar-refractivity contribution in [3.05, 3.63) is 53.4 Å². The summed E-state index contributed by atoms with van der Waals surface area (Å²) in [7, 11) is 0. The van der Waals surface area contributed by atoms with Gasteiger partial charge in [-0.2, -0.15) is 17.5 Å². The summed E-state index contributed by atoms with van der Waals surface area (Å²) in [6.07, 6.45) is -3.81. The van der Waals surface area contributed by atoms with Crippen molar-refractivity contribution in [3.63, 3.8) is 0 Å². The maximum absolute atomic E-state index is 14.5. The van der Waals surface area contributed by atoms with Crippen molar-refractivity contribution in [1.29, 1.82) is 0 Å². The average Bonchev–Trinajstić information content (AvgIpc) is 3.16. The molecule has 0 atom stereocenters. The van der Waals surface area contributed by atoms with E-state index < -0.39 is 35.3 Å². The fraction of sp³-hybridized carbons (Fsp3) is 0.348. The number of ether oxygens (including phenoxy) is 2. The van der Waals surface area contributed by atoms with Crippen LogP contribution in [-0.4, -0.2) is 45.1 Å². The fourth-order valence-electron chi connectivity index (χ4n) is 2.90. The first kappa shape index (κ1) is 28.6. The Morgan fingerprint density at radius 3 is 2.45 bits per heavy atom. The van der Waals surface area contributed by atoms with Crippen LogP contribution < -0.4 is 20.7 Å². The zero-order chi connectivity index (χ0) is 28.1. The minimum Gasteiger partial charge on any atom is -0.489 e. The number of alkyl halides is 3. The van der Waals surface area contributed by atoms with Crippen molar-refractivity contribution in [2.24, 2.45) is 0 Å². The monoisotopic (exact) mass is 556 g/mol. The van der Waals surface area contributed by atoms with Gasteiger partial charge in [-0.1, -0.05) is 0 Å². The highest BCUT2D eigenvalue weighted by Gasteiger charge is 2.32. The first-order valence-electron chi connectivity index (χ1n) is 11.1. The lowest BCUT2D eigenvalue weighted by molar-refractivity contribution is -0.141. The Morgan fingerprint density at radius 2 is 1.84 bits per heavy atom. The maximum atomic E-state index is 14.5. The van der Waals surface area contributed by atoms with E-state index in [-0.39, 0.29) is 41.0 Å². The van der Waals surface area contributed by atoms with Crippen LogP contribution in [0.5, 0.6) is 5.75 Å². The van der Waals surface area contributed by atoms with Crippen molar-refractivity contribution < 1.29 is 36.6 Å². The SMILES string of the molecule is Cc1nsc(Nc2cnc(C(F)(F)F)cn2)c1C(=O)Nc1ccc(OCCNC(=O)OC(C)(C)C)c(F)c1. The number of carbonyl (C=O) groups excluding carboxylic acids is 2. The number of hydrogen-bond donors (Lipinski definition) is 3. The van der Waals surface area contributed by atoms with E-state index in [4.69, 9.17) is 9.47 Å². The van der Waals surface area contributed by atoms with Crippen LogP contribution >= 0.6 is 11.5 Å². The van der Waals surface area contributed by atoms with Crippen molar-refractivity contribution in [2.45, 2.75) is 39.5 Å². The van der Waals surface area contributed by atoms with E-state index in [1.165, 1.54) is 12.1 Å². The van der Waals surface area contributed by atoms with Crippen LogP contribution in [-0.2, 0) is 10.9 Å². The van der Waals surface area contributed by atoms with Gasteiger partial charge in [0.25, 0.3) is 5.91 Å². The van der Waals surface area contributed by atoms with Crippen LogP contribution in [0.4, 0.5) is 38.9 Å². The second-order valence-corrected chi connectivity index (χ2v) is 9.53. The van der Waals surface area contributed by atoms with Crippen LogP contribution in [0.1, 0.15) is 42.5 Å². The molecule has 0 fully saturated rings. The summed E-state index contributed by atoms with van der Waals surface area (Å²) < 4.78 is 67.1. The third-order valence-corrected chi connectivity index (χ3v) is 5.35. The molecule has 2 heterocycles. The Morgan fingerprint density at radius 1 is 1.11 bits per heavy atom. The van der Waals surface area contributed by atoms with E-state index in [0.29, 0.717) is 11.9 Å². The number of nitrogens with one attached hydrogen (secondary N) is 3. The lowest BCUT2D eigenvalue weighted by Crippen LogP contribution is -2.34. The number of carbonyl (C=O) groups is 2. The fourth-order valence-corrected chi connectivity index (χ4v) is 3.70. The van der Waals surface area contributed by atoms with Crippen molar-refractivity contribution in [3.8, 4) is 5.75 Å².